The van der Waals surface area contributed by atoms with Crippen molar-refractivity contribution in [2.75, 3.05) is 0 Å². The molecular formula is C10H14N4O4S. The number of thiazole rings is 1. The summed E-state index contributed by atoms with van der Waals surface area (Å²) in [5, 5.41) is 3.79. The van der Waals surface area contributed by atoms with Crippen LogP contribution in [-0.4, -0.2) is 28.3 Å². The maximum absolute atomic E-state index is 11.5. The number of primary amides is 2. The number of rotatable bonds is 6. The van der Waals surface area contributed by atoms with Gasteiger partial charge < -0.3 is 21.4 Å². The minimum Gasteiger partial charge on any atom is -0.367 e. The number of carbonyl (C=O) groups excluding carboxylic acids is 3. The molecule has 0 spiro atoms. The fourth-order valence-electron chi connectivity index (χ4n) is 1.40. The summed E-state index contributed by atoms with van der Waals surface area (Å²) in [5.74, 6) is -2.63. The lowest BCUT2D eigenvalue weighted by molar-refractivity contribution is -0.134. The van der Waals surface area contributed by atoms with Gasteiger partial charge in [-0.05, 0) is 6.92 Å². The van der Waals surface area contributed by atoms with E-state index >= 15 is 0 Å². The van der Waals surface area contributed by atoms with Crippen LogP contribution in [0.2, 0.25) is 0 Å². The first kappa shape index (κ1) is 14.9. The first-order valence-corrected chi connectivity index (χ1v) is 6.24. The summed E-state index contributed by atoms with van der Waals surface area (Å²) < 4.78 is 1.42. The second-order valence-electron chi connectivity index (χ2n) is 3.85. The first-order valence-electron chi connectivity index (χ1n) is 5.36. The minimum absolute atomic E-state index is 0.0610. The number of hydrogen-bond donors (Lipinski definition) is 3. The molecule has 0 aliphatic rings. The van der Waals surface area contributed by atoms with Gasteiger partial charge in [-0.15, -0.1) is 0 Å². The number of aryl methyl sites for hydroxylation is 1. The molecule has 1 rings (SSSR count). The van der Waals surface area contributed by atoms with E-state index in [9.17, 15) is 19.2 Å². The van der Waals surface area contributed by atoms with Gasteiger partial charge in [0.1, 0.15) is 0 Å². The summed E-state index contributed by atoms with van der Waals surface area (Å²) in [6.07, 6.45) is -0.0610. The van der Waals surface area contributed by atoms with Crippen LogP contribution in [0.5, 0.6) is 0 Å². The number of aromatic nitrogens is 1. The lowest BCUT2D eigenvalue weighted by Gasteiger charge is -2.12. The maximum Gasteiger partial charge on any atom is 0.307 e. The Labute approximate surface area is 112 Å². The molecule has 8 nitrogen and oxygen atoms in total. The van der Waals surface area contributed by atoms with Gasteiger partial charge in [0.25, 0.3) is 0 Å². The van der Waals surface area contributed by atoms with Crippen LogP contribution in [0.4, 0.5) is 0 Å². The van der Waals surface area contributed by atoms with Crippen LogP contribution in [0.15, 0.2) is 10.2 Å². The zero-order valence-corrected chi connectivity index (χ0v) is 11.0. The van der Waals surface area contributed by atoms with Gasteiger partial charge in [0.2, 0.25) is 17.7 Å². The predicted octanol–water partition coefficient (Wildman–Crippen LogP) is -1.94. The molecule has 0 saturated heterocycles. The van der Waals surface area contributed by atoms with E-state index in [4.69, 9.17) is 11.5 Å². The third kappa shape index (κ3) is 3.91. The highest BCUT2D eigenvalue weighted by Crippen LogP contribution is 2.00. The van der Waals surface area contributed by atoms with Gasteiger partial charge >= 0.3 is 4.87 Å². The summed E-state index contributed by atoms with van der Waals surface area (Å²) in [6.45, 7) is 1.90. The van der Waals surface area contributed by atoms with Gasteiger partial charge in [-0.3, -0.25) is 19.2 Å². The van der Waals surface area contributed by atoms with Crippen LogP contribution < -0.4 is 21.7 Å². The normalized spacial score (nSPS) is 10.4. The number of nitrogens with two attached hydrogens (primary N) is 2. The van der Waals surface area contributed by atoms with Crippen molar-refractivity contribution in [3.8, 4) is 0 Å². The average Bonchev–Trinajstić information content (AvgIpc) is 2.62. The van der Waals surface area contributed by atoms with E-state index in [0.29, 0.717) is 0 Å². The van der Waals surface area contributed by atoms with Crippen molar-refractivity contribution >= 4 is 29.1 Å². The number of carbonyl (C=O) groups is 3. The van der Waals surface area contributed by atoms with E-state index in [-0.39, 0.29) is 17.8 Å². The van der Waals surface area contributed by atoms with E-state index < -0.39 is 23.8 Å². The van der Waals surface area contributed by atoms with Crippen LogP contribution in [0, 0.1) is 6.92 Å². The molecule has 1 heterocycles. The van der Waals surface area contributed by atoms with E-state index in [1.54, 1.807) is 12.3 Å². The lowest BCUT2D eigenvalue weighted by atomic mass is 10.2. The molecule has 0 saturated carbocycles. The second-order valence-corrected chi connectivity index (χ2v) is 4.67. The molecular weight excluding hydrogens is 272 g/mol. The van der Waals surface area contributed by atoms with Gasteiger partial charge in [0.05, 0.1) is 0 Å². The number of nitrogens with zero attached hydrogens (tertiary/aromatic N) is 1. The van der Waals surface area contributed by atoms with Crippen molar-refractivity contribution in [2.45, 2.75) is 25.9 Å². The Morgan fingerprint density at radius 1 is 1.37 bits per heavy atom. The Morgan fingerprint density at radius 2 is 1.95 bits per heavy atom. The quantitative estimate of drug-likeness (QED) is 0.524. The third-order valence-corrected chi connectivity index (χ3v) is 3.29. The first-order chi connectivity index (χ1) is 8.82. The van der Waals surface area contributed by atoms with Crippen molar-refractivity contribution < 1.29 is 14.4 Å². The molecule has 5 N–H and O–H groups in total. The molecule has 0 radical (unpaired) electrons. The smallest absolute Gasteiger partial charge is 0.307 e. The van der Waals surface area contributed by atoms with E-state index in [2.05, 4.69) is 5.32 Å². The molecule has 104 valence electrons. The Morgan fingerprint density at radius 3 is 2.37 bits per heavy atom. The zero-order chi connectivity index (χ0) is 14.6. The van der Waals surface area contributed by atoms with Crippen LogP contribution in [0.3, 0.4) is 0 Å². The molecule has 0 bridgehead atoms. The van der Waals surface area contributed by atoms with Gasteiger partial charge in [-0.25, -0.2) is 0 Å². The topological polar surface area (TPSA) is 137 Å². The van der Waals surface area contributed by atoms with Crippen molar-refractivity contribution in [3.05, 3.63) is 20.7 Å². The Bertz CT molecular complexity index is 548. The van der Waals surface area contributed by atoms with Crippen LogP contribution >= 0.6 is 11.3 Å². The third-order valence-electron chi connectivity index (χ3n) is 2.41. The zero-order valence-electron chi connectivity index (χ0n) is 10.2. The molecule has 0 aliphatic carbocycles. The minimum atomic E-state index is -1.53. The van der Waals surface area contributed by atoms with Crippen molar-refractivity contribution in [1.82, 2.24) is 9.88 Å². The second kappa shape index (κ2) is 6.14. The van der Waals surface area contributed by atoms with E-state index in [0.717, 1.165) is 17.0 Å². The summed E-state index contributed by atoms with van der Waals surface area (Å²) in [7, 11) is 0. The number of nitrogens with one attached hydrogen (secondary N) is 1. The largest absolute Gasteiger partial charge is 0.367 e. The fraction of sp³-hybridized carbons (Fsp3) is 0.400. The molecule has 0 unspecified atom stereocenters. The Hall–Kier alpha value is -2.16. The number of hydrogen-bond acceptors (Lipinski definition) is 5. The molecule has 3 amide bonds. The van der Waals surface area contributed by atoms with E-state index in [1.807, 2.05) is 0 Å². The molecule has 19 heavy (non-hydrogen) atoms. The standard InChI is InChI=1S/C10H14N4O4S/c1-5-4-19-10(18)14(5)3-2-6(15)13-7(8(11)16)9(12)17/h4,7H,2-3H2,1H3,(H2,11,16)(H2,12,17)(H,13,15). The van der Waals surface area contributed by atoms with Gasteiger partial charge in [-0.2, -0.15) is 0 Å². The molecule has 9 heteroatoms. The lowest BCUT2D eigenvalue weighted by Crippen LogP contribution is -2.52. The van der Waals surface area contributed by atoms with Crippen molar-refractivity contribution in [2.24, 2.45) is 11.5 Å². The van der Waals surface area contributed by atoms with Crippen LogP contribution in [0.1, 0.15) is 12.1 Å². The highest BCUT2D eigenvalue weighted by Gasteiger charge is 2.23. The Balaban J connectivity index is 2.59. The van der Waals surface area contributed by atoms with Crippen LogP contribution in [-0.2, 0) is 20.9 Å². The van der Waals surface area contributed by atoms with Gasteiger partial charge in [0, 0.05) is 24.0 Å². The molecule has 0 aromatic carbocycles. The summed E-state index contributed by atoms with van der Waals surface area (Å²) in [4.78, 5) is 44.5. The summed E-state index contributed by atoms with van der Waals surface area (Å²) in [6, 6.07) is -1.53. The maximum atomic E-state index is 11.5. The highest BCUT2D eigenvalue weighted by molar-refractivity contribution is 7.07. The van der Waals surface area contributed by atoms with E-state index in [1.165, 1.54) is 4.57 Å². The SMILES string of the molecule is Cc1csc(=O)n1CCC(=O)NC(C(N)=O)C(N)=O. The fourth-order valence-corrected chi connectivity index (χ4v) is 2.16. The average molecular weight is 286 g/mol. The molecule has 1 aromatic heterocycles. The van der Waals surface area contributed by atoms with Gasteiger partial charge in [-0.1, -0.05) is 11.3 Å². The highest BCUT2D eigenvalue weighted by atomic mass is 32.1. The molecule has 0 fully saturated rings. The molecule has 0 atom stereocenters. The Kier molecular flexibility index (Phi) is 4.81. The van der Waals surface area contributed by atoms with Crippen LogP contribution in [0.25, 0.3) is 0 Å². The number of amides is 3. The monoisotopic (exact) mass is 286 g/mol. The van der Waals surface area contributed by atoms with Gasteiger partial charge in [0.15, 0.2) is 6.04 Å². The van der Waals surface area contributed by atoms with Crippen molar-refractivity contribution in [1.29, 1.82) is 0 Å². The predicted molar refractivity (Wildman–Crippen MR) is 68.3 cm³/mol. The summed E-state index contributed by atoms with van der Waals surface area (Å²) in [5.41, 5.74) is 10.6. The molecule has 0 aliphatic heterocycles. The van der Waals surface area contributed by atoms with Crippen molar-refractivity contribution in [3.63, 3.8) is 0 Å². The summed E-state index contributed by atoms with van der Waals surface area (Å²) >= 11 is 1.03. The molecule has 1 aromatic rings.